The fraction of sp³-hybridized carbons (Fsp3) is 0.357. The number of carboxylic acids is 3. The summed E-state index contributed by atoms with van der Waals surface area (Å²) in [6.07, 6.45) is -0.698. The maximum atomic E-state index is 12.1. The lowest BCUT2D eigenvalue weighted by molar-refractivity contribution is -0.896. The number of ether oxygens (including phenoxy) is 2. The second-order valence-corrected chi connectivity index (χ2v) is 9.12. The zero-order valence-electron chi connectivity index (χ0n) is 22.5. The first-order chi connectivity index (χ1) is 18.8. The van der Waals surface area contributed by atoms with E-state index in [-0.39, 0.29) is 11.5 Å². The predicted molar refractivity (Wildman–Crippen MR) is 144 cm³/mol. The molecule has 0 unspecified atom stereocenters. The Bertz CT molecular complexity index is 1160. The summed E-state index contributed by atoms with van der Waals surface area (Å²) in [5, 5.41) is 36.1. The van der Waals surface area contributed by atoms with Crippen molar-refractivity contribution in [3.63, 3.8) is 0 Å². The quantitative estimate of drug-likeness (QED) is 0.176. The largest absolute Gasteiger partial charge is 0.547 e. The van der Waals surface area contributed by atoms with Gasteiger partial charge in [-0.2, -0.15) is 0 Å². The van der Waals surface area contributed by atoms with Crippen LogP contribution in [0.2, 0.25) is 5.02 Å². The molecule has 0 spiro atoms. The first kappa shape index (κ1) is 34.1. The Labute approximate surface area is 237 Å². The molecule has 0 aliphatic rings. The number of ketones is 1. The first-order valence-electron chi connectivity index (χ1n) is 12.4. The van der Waals surface area contributed by atoms with E-state index in [0.29, 0.717) is 23.1 Å². The predicted octanol–water partition coefficient (Wildman–Crippen LogP) is 1.07. The van der Waals surface area contributed by atoms with Crippen molar-refractivity contribution in [3.8, 4) is 11.5 Å². The third-order valence-electron chi connectivity index (χ3n) is 5.55. The molecular formula is C28H34ClNO10. The Hall–Kier alpha value is -3.93. The molecule has 0 bridgehead atoms. The van der Waals surface area contributed by atoms with Crippen LogP contribution in [0.4, 0.5) is 0 Å². The monoisotopic (exact) mass is 579 g/mol. The van der Waals surface area contributed by atoms with E-state index in [1.54, 1.807) is 24.3 Å². The first-order valence-corrected chi connectivity index (χ1v) is 12.8. The summed E-state index contributed by atoms with van der Waals surface area (Å²) in [4.78, 5) is 43.8. The Balaban J connectivity index is 0.000000520. The molecule has 218 valence electrons. The fourth-order valence-electron chi connectivity index (χ4n) is 3.32. The minimum atomic E-state index is -2.85. The zero-order valence-corrected chi connectivity index (χ0v) is 23.3. The number of carbonyl (C=O) groups is 4. The highest BCUT2D eigenvalue weighted by atomic mass is 35.5. The molecule has 0 aliphatic carbocycles. The van der Waals surface area contributed by atoms with E-state index in [9.17, 15) is 24.3 Å². The van der Waals surface area contributed by atoms with Crippen LogP contribution in [-0.4, -0.2) is 70.9 Å². The lowest BCUT2D eigenvalue weighted by atomic mass is 9.96. The molecule has 0 radical (unpaired) electrons. The van der Waals surface area contributed by atoms with Gasteiger partial charge in [0, 0.05) is 18.0 Å². The summed E-state index contributed by atoms with van der Waals surface area (Å²) in [5.74, 6) is -4.26. The Morgan fingerprint density at radius 3 is 2.02 bits per heavy atom. The SMILES string of the molecule is CC[NH+](CC)CCOc1ccc(Cl)cc1O/C(=C\c1ccccc1)C(C)=O.O=C(O)CC(O)(CC(=O)O)C(=O)[O-]. The molecule has 2 aromatic carbocycles. The molecule has 2 rings (SSSR count). The number of carboxylic acid groups (broad SMARTS) is 3. The molecule has 2 aromatic rings. The van der Waals surface area contributed by atoms with E-state index >= 15 is 0 Å². The number of aliphatic hydroxyl groups is 1. The minimum Gasteiger partial charge on any atom is -0.547 e. The van der Waals surface area contributed by atoms with Crippen molar-refractivity contribution in [3.05, 3.63) is 64.9 Å². The summed E-state index contributed by atoms with van der Waals surface area (Å²) in [5.41, 5.74) is -1.96. The Kier molecular flexibility index (Phi) is 14.4. The number of benzene rings is 2. The van der Waals surface area contributed by atoms with E-state index < -0.39 is 36.4 Å². The molecule has 0 aliphatic heterocycles. The number of likely N-dealkylation sites (N-methyl/N-ethyl adjacent to an activating group) is 1. The number of nitrogens with one attached hydrogen (secondary N) is 1. The molecule has 0 atom stereocenters. The third kappa shape index (κ3) is 12.3. The molecular weight excluding hydrogens is 546 g/mol. The van der Waals surface area contributed by atoms with Crippen LogP contribution in [0.25, 0.3) is 6.08 Å². The fourth-order valence-corrected chi connectivity index (χ4v) is 3.48. The van der Waals surface area contributed by atoms with Crippen LogP contribution in [0.1, 0.15) is 39.2 Å². The zero-order chi connectivity index (χ0) is 30.3. The van der Waals surface area contributed by atoms with Gasteiger partial charge in [0.25, 0.3) is 0 Å². The lowest BCUT2D eigenvalue weighted by Gasteiger charge is -2.25. The van der Waals surface area contributed by atoms with E-state index in [1.165, 1.54) is 11.8 Å². The maximum Gasteiger partial charge on any atom is 0.306 e. The summed E-state index contributed by atoms with van der Waals surface area (Å²) in [7, 11) is 0. The minimum absolute atomic E-state index is 0.169. The van der Waals surface area contributed by atoms with Crippen LogP contribution in [-0.2, 0) is 19.2 Å². The lowest BCUT2D eigenvalue weighted by Crippen LogP contribution is -3.12. The maximum absolute atomic E-state index is 12.1. The van der Waals surface area contributed by atoms with Gasteiger partial charge in [0.2, 0.25) is 0 Å². The number of Topliss-reactive ketones (excluding diaryl/α,β-unsaturated/α-hetero) is 1. The van der Waals surface area contributed by atoms with Crippen molar-refractivity contribution in [1.29, 1.82) is 0 Å². The molecule has 0 aromatic heterocycles. The number of hydrogen-bond donors (Lipinski definition) is 4. The molecule has 12 heteroatoms. The van der Waals surface area contributed by atoms with Crippen molar-refractivity contribution in [2.24, 2.45) is 0 Å². The van der Waals surface area contributed by atoms with Gasteiger partial charge in [-0.05, 0) is 37.6 Å². The number of aliphatic carboxylic acids is 3. The number of rotatable bonds is 15. The van der Waals surface area contributed by atoms with Crippen molar-refractivity contribution in [1.82, 2.24) is 0 Å². The number of allylic oxidation sites excluding steroid dienone is 1. The van der Waals surface area contributed by atoms with Gasteiger partial charge in [0.1, 0.15) is 18.8 Å². The number of quaternary nitrogens is 1. The van der Waals surface area contributed by atoms with E-state index in [2.05, 4.69) is 13.8 Å². The number of hydrogen-bond acceptors (Lipinski definition) is 8. The second kappa shape index (κ2) is 16.9. The van der Waals surface area contributed by atoms with Gasteiger partial charge in [-0.25, -0.2) is 0 Å². The topological polar surface area (TPSA) is 175 Å². The highest BCUT2D eigenvalue weighted by Gasteiger charge is 2.34. The van der Waals surface area contributed by atoms with Crippen LogP contribution >= 0.6 is 11.6 Å². The summed E-state index contributed by atoms with van der Waals surface area (Å²) in [6, 6.07) is 14.8. The van der Waals surface area contributed by atoms with Gasteiger partial charge in [-0.15, -0.1) is 0 Å². The normalized spacial score (nSPS) is 11.3. The molecule has 40 heavy (non-hydrogen) atoms. The third-order valence-corrected chi connectivity index (χ3v) is 5.79. The molecule has 0 saturated heterocycles. The molecule has 0 saturated carbocycles. The van der Waals surface area contributed by atoms with E-state index in [1.807, 2.05) is 30.3 Å². The van der Waals surface area contributed by atoms with Gasteiger partial charge in [0.05, 0.1) is 31.9 Å². The van der Waals surface area contributed by atoms with Crippen LogP contribution < -0.4 is 19.5 Å². The van der Waals surface area contributed by atoms with Gasteiger partial charge >= 0.3 is 11.9 Å². The summed E-state index contributed by atoms with van der Waals surface area (Å²) in [6.45, 7) is 9.35. The van der Waals surface area contributed by atoms with Crippen molar-refractivity contribution in [2.75, 3.05) is 26.2 Å². The Morgan fingerprint density at radius 1 is 0.975 bits per heavy atom. The average molecular weight is 580 g/mol. The molecule has 0 fully saturated rings. The van der Waals surface area contributed by atoms with Crippen LogP contribution in [0.5, 0.6) is 11.5 Å². The Morgan fingerprint density at radius 2 is 1.55 bits per heavy atom. The summed E-state index contributed by atoms with van der Waals surface area (Å²) >= 11 is 6.13. The number of halogens is 1. The van der Waals surface area contributed by atoms with Crippen LogP contribution in [0, 0.1) is 0 Å². The number of carbonyl (C=O) groups excluding carboxylic acids is 2. The molecule has 4 N–H and O–H groups in total. The molecule has 0 amide bonds. The van der Waals surface area contributed by atoms with Crippen molar-refractivity contribution < 1.29 is 54.0 Å². The van der Waals surface area contributed by atoms with Crippen molar-refractivity contribution >= 4 is 41.4 Å². The molecule has 0 heterocycles. The second-order valence-electron chi connectivity index (χ2n) is 8.68. The van der Waals surface area contributed by atoms with Crippen molar-refractivity contribution in [2.45, 2.75) is 39.2 Å². The van der Waals surface area contributed by atoms with E-state index in [0.717, 1.165) is 25.2 Å². The summed E-state index contributed by atoms with van der Waals surface area (Å²) < 4.78 is 11.8. The average Bonchev–Trinajstić information content (AvgIpc) is 2.87. The highest BCUT2D eigenvalue weighted by Crippen LogP contribution is 2.32. The van der Waals surface area contributed by atoms with Crippen LogP contribution in [0.15, 0.2) is 54.3 Å². The molecule has 11 nitrogen and oxygen atoms in total. The van der Waals surface area contributed by atoms with Gasteiger partial charge in [-0.1, -0.05) is 41.9 Å². The highest BCUT2D eigenvalue weighted by molar-refractivity contribution is 6.30. The van der Waals surface area contributed by atoms with Crippen LogP contribution in [0.3, 0.4) is 0 Å². The van der Waals surface area contributed by atoms with Gasteiger partial charge in [-0.3, -0.25) is 14.4 Å². The smallest absolute Gasteiger partial charge is 0.306 e. The van der Waals surface area contributed by atoms with Gasteiger partial charge in [0.15, 0.2) is 23.0 Å². The van der Waals surface area contributed by atoms with E-state index in [4.69, 9.17) is 36.4 Å². The standard InChI is InChI=1S/C22H26ClNO3.C6H8O7/c1-4-24(5-2)13-14-26-20-12-11-19(23)16-22(20)27-21(17(3)25)15-18-9-7-6-8-10-18;7-3(8)1-6(13,5(11)12)2-4(9)10/h6-12,15-16H,4-5,13-14H2,1-3H3;13H,1-2H2,(H,7,8)(H,9,10)(H,11,12)/b21-15-;. The van der Waals surface area contributed by atoms with Gasteiger partial charge < -0.3 is 39.6 Å².